The predicted molar refractivity (Wildman–Crippen MR) is 63.1 cm³/mol. The van der Waals surface area contributed by atoms with E-state index >= 15 is 0 Å². The summed E-state index contributed by atoms with van der Waals surface area (Å²) >= 11 is 0.479. The number of hydrogen-bond acceptors (Lipinski definition) is 5. The highest BCUT2D eigenvalue weighted by Crippen LogP contribution is 2.33. The van der Waals surface area contributed by atoms with E-state index in [9.17, 15) is 13.2 Å². The van der Waals surface area contributed by atoms with Crippen LogP contribution in [0.4, 0.5) is 24.0 Å². The molecule has 1 heterocycles. The van der Waals surface area contributed by atoms with Crippen molar-refractivity contribution < 1.29 is 13.2 Å². The molecule has 0 aliphatic carbocycles. The van der Waals surface area contributed by atoms with Crippen LogP contribution in [0.25, 0.3) is 0 Å². The van der Waals surface area contributed by atoms with Crippen molar-refractivity contribution in [3.8, 4) is 0 Å². The van der Waals surface area contributed by atoms with Crippen LogP contribution in [0.3, 0.4) is 0 Å². The molecule has 1 aromatic heterocycles. The first kappa shape index (κ1) is 12.6. The quantitative estimate of drug-likeness (QED) is 0.845. The normalized spacial score (nSPS) is 11.5. The van der Waals surface area contributed by atoms with Crippen LogP contribution in [0.5, 0.6) is 0 Å². The summed E-state index contributed by atoms with van der Waals surface area (Å²) in [5.74, 6) is 0. The van der Waals surface area contributed by atoms with Gasteiger partial charge in [-0.2, -0.15) is 13.2 Å². The van der Waals surface area contributed by atoms with E-state index in [0.717, 1.165) is 5.56 Å². The summed E-state index contributed by atoms with van der Waals surface area (Å²) in [6.07, 6.45) is -4.45. The van der Waals surface area contributed by atoms with Gasteiger partial charge in [0.1, 0.15) is 0 Å². The van der Waals surface area contributed by atoms with Crippen LogP contribution in [-0.2, 0) is 12.7 Å². The predicted octanol–water partition coefficient (Wildman–Crippen LogP) is 2.75. The molecule has 1 aromatic carbocycles. The van der Waals surface area contributed by atoms with Gasteiger partial charge in [-0.3, -0.25) is 0 Å². The van der Waals surface area contributed by atoms with Gasteiger partial charge in [-0.25, -0.2) is 0 Å². The molecule has 0 fully saturated rings. The Hall–Kier alpha value is -1.83. The molecule has 96 valence electrons. The molecular formula is C10H9F3N4S. The fourth-order valence-electron chi connectivity index (χ4n) is 1.22. The molecule has 0 amide bonds. The molecular weight excluding hydrogens is 265 g/mol. The van der Waals surface area contributed by atoms with Crippen LogP contribution in [-0.4, -0.2) is 10.2 Å². The number of rotatable bonds is 3. The molecule has 0 atom stereocenters. The van der Waals surface area contributed by atoms with Crippen molar-refractivity contribution in [1.29, 1.82) is 0 Å². The maximum atomic E-state index is 12.3. The highest BCUT2D eigenvalue weighted by Gasteiger charge is 2.35. The second-order valence-electron chi connectivity index (χ2n) is 3.51. The molecule has 8 heteroatoms. The van der Waals surface area contributed by atoms with E-state index < -0.39 is 11.2 Å². The zero-order valence-corrected chi connectivity index (χ0v) is 9.85. The fraction of sp³-hybridized carbons (Fsp3) is 0.200. The van der Waals surface area contributed by atoms with Crippen molar-refractivity contribution in [2.75, 3.05) is 11.1 Å². The van der Waals surface area contributed by atoms with Crippen molar-refractivity contribution >= 4 is 22.2 Å². The molecule has 0 bridgehead atoms. The Kier molecular flexibility index (Phi) is 3.37. The van der Waals surface area contributed by atoms with E-state index in [4.69, 9.17) is 5.73 Å². The average Bonchev–Trinajstić information content (AvgIpc) is 2.77. The van der Waals surface area contributed by atoms with E-state index in [2.05, 4.69) is 15.5 Å². The van der Waals surface area contributed by atoms with Crippen LogP contribution in [0.2, 0.25) is 0 Å². The van der Waals surface area contributed by atoms with E-state index in [1.807, 2.05) is 0 Å². The zero-order valence-electron chi connectivity index (χ0n) is 9.03. The summed E-state index contributed by atoms with van der Waals surface area (Å²) in [6.45, 7) is 0.368. The minimum atomic E-state index is -4.45. The maximum absolute atomic E-state index is 12.3. The molecule has 0 aliphatic rings. The lowest BCUT2D eigenvalue weighted by Gasteiger charge is -2.02. The van der Waals surface area contributed by atoms with Gasteiger partial charge < -0.3 is 11.1 Å². The molecule has 4 nitrogen and oxygen atoms in total. The second-order valence-corrected chi connectivity index (χ2v) is 4.48. The molecule has 3 N–H and O–H groups in total. The highest BCUT2D eigenvalue weighted by molar-refractivity contribution is 7.15. The van der Waals surface area contributed by atoms with Gasteiger partial charge in [0.2, 0.25) is 10.1 Å². The van der Waals surface area contributed by atoms with Gasteiger partial charge >= 0.3 is 6.18 Å². The lowest BCUT2D eigenvalue weighted by Crippen LogP contribution is -2.03. The first-order valence-corrected chi connectivity index (χ1v) is 5.76. The third-order valence-electron chi connectivity index (χ3n) is 2.09. The molecule has 0 spiro atoms. The Morgan fingerprint density at radius 1 is 1.17 bits per heavy atom. The SMILES string of the molecule is Nc1ccc(CNc2nnc(C(F)(F)F)s2)cc1. The molecule has 2 rings (SSSR count). The minimum absolute atomic E-state index is 0.138. The molecule has 0 unspecified atom stereocenters. The number of nitrogens with zero attached hydrogens (tertiary/aromatic N) is 2. The number of aromatic nitrogens is 2. The van der Waals surface area contributed by atoms with E-state index in [-0.39, 0.29) is 5.13 Å². The maximum Gasteiger partial charge on any atom is 0.445 e. The molecule has 0 radical (unpaired) electrons. The van der Waals surface area contributed by atoms with Gasteiger partial charge in [0.15, 0.2) is 0 Å². The lowest BCUT2D eigenvalue weighted by atomic mass is 10.2. The fourth-order valence-corrected chi connectivity index (χ4v) is 1.83. The van der Waals surface area contributed by atoms with Gasteiger partial charge in [0.25, 0.3) is 0 Å². The summed E-state index contributed by atoms with van der Waals surface area (Å²) in [5.41, 5.74) is 7.05. The summed E-state index contributed by atoms with van der Waals surface area (Å²) < 4.78 is 36.8. The molecule has 0 saturated carbocycles. The third kappa shape index (κ3) is 3.10. The molecule has 0 saturated heterocycles. The number of halogens is 3. The van der Waals surface area contributed by atoms with Crippen LogP contribution >= 0.6 is 11.3 Å². The number of alkyl halides is 3. The summed E-state index contributed by atoms with van der Waals surface area (Å²) in [7, 11) is 0. The number of anilines is 2. The summed E-state index contributed by atoms with van der Waals surface area (Å²) in [5, 5.41) is 8.46. The Morgan fingerprint density at radius 3 is 2.39 bits per heavy atom. The minimum Gasteiger partial charge on any atom is -0.399 e. The number of hydrogen-bond donors (Lipinski definition) is 2. The van der Waals surface area contributed by atoms with Crippen molar-refractivity contribution in [3.63, 3.8) is 0 Å². The summed E-state index contributed by atoms with van der Waals surface area (Å²) in [6, 6.07) is 7.01. The van der Waals surface area contributed by atoms with E-state index in [1.165, 1.54) is 0 Å². The lowest BCUT2D eigenvalue weighted by molar-refractivity contribution is -0.138. The molecule has 2 aromatic rings. The number of benzene rings is 1. The number of nitrogen functional groups attached to an aromatic ring is 1. The van der Waals surface area contributed by atoms with Crippen LogP contribution in [0.15, 0.2) is 24.3 Å². The zero-order chi connectivity index (χ0) is 13.2. The van der Waals surface area contributed by atoms with Gasteiger partial charge in [-0.15, -0.1) is 10.2 Å². The second kappa shape index (κ2) is 4.81. The first-order valence-electron chi connectivity index (χ1n) is 4.94. The Balaban J connectivity index is 1.98. The Bertz CT molecular complexity index is 521. The largest absolute Gasteiger partial charge is 0.445 e. The topological polar surface area (TPSA) is 63.8 Å². The monoisotopic (exact) mass is 274 g/mol. The van der Waals surface area contributed by atoms with Crippen molar-refractivity contribution in [2.24, 2.45) is 0 Å². The van der Waals surface area contributed by atoms with Crippen molar-refractivity contribution in [3.05, 3.63) is 34.8 Å². The number of nitrogens with one attached hydrogen (secondary N) is 1. The molecule has 18 heavy (non-hydrogen) atoms. The summed E-state index contributed by atoms with van der Waals surface area (Å²) in [4.78, 5) is 0. The average molecular weight is 274 g/mol. The Morgan fingerprint density at radius 2 is 1.83 bits per heavy atom. The standard InChI is InChI=1S/C10H9F3N4S/c11-10(12,13)8-16-17-9(18-8)15-5-6-1-3-7(14)4-2-6/h1-4H,5,14H2,(H,15,17). The Labute approximate surface area is 105 Å². The van der Waals surface area contributed by atoms with Gasteiger partial charge in [0, 0.05) is 12.2 Å². The van der Waals surface area contributed by atoms with Gasteiger partial charge in [0.05, 0.1) is 0 Å². The smallest absolute Gasteiger partial charge is 0.399 e. The van der Waals surface area contributed by atoms with E-state index in [0.29, 0.717) is 23.6 Å². The van der Waals surface area contributed by atoms with Gasteiger partial charge in [-0.05, 0) is 17.7 Å². The van der Waals surface area contributed by atoms with Crippen LogP contribution in [0, 0.1) is 0 Å². The van der Waals surface area contributed by atoms with E-state index in [1.54, 1.807) is 24.3 Å². The van der Waals surface area contributed by atoms with Crippen LogP contribution < -0.4 is 11.1 Å². The van der Waals surface area contributed by atoms with Crippen molar-refractivity contribution in [2.45, 2.75) is 12.7 Å². The van der Waals surface area contributed by atoms with Gasteiger partial charge in [-0.1, -0.05) is 23.5 Å². The first-order chi connectivity index (χ1) is 8.45. The number of nitrogens with two attached hydrogens (primary N) is 1. The van der Waals surface area contributed by atoms with Crippen molar-refractivity contribution in [1.82, 2.24) is 10.2 Å². The molecule has 0 aliphatic heterocycles. The third-order valence-corrected chi connectivity index (χ3v) is 3.02. The highest BCUT2D eigenvalue weighted by atomic mass is 32.1. The van der Waals surface area contributed by atoms with Crippen LogP contribution in [0.1, 0.15) is 10.6 Å².